The van der Waals surface area contributed by atoms with Crippen LogP contribution in [0.2, 0.25) is 0 Å². The lowest BCUT2D eigenvalue weighted by Gasteiger charge is -2.05. The fraction of sp³-hybridized carbons (Fsp3) is 0.462. The van der Waals surface area contributed by atoms with Crippen molar-refractivity contribution in [3.63, 3.8) is 0 Å². The minimum Gasteiger partial charge on any atom is -0.476 e. The summed E-state index contributed by atoms with van der Waals surface area (Å²) < 4.78 is 1.71. The van der Waals surface area contributed by atoms with Gasteiger partial charge in [-0.1, -0.05) is 37.5 Å². The predicted molar refractivity (Wildman–Crippen MR) is 74.4 cm³/mol. The predicted octanol–water partition coefficient (Wildman–Crippen LogP) is 3.29. The van der Waals surface area contributed by atoms with Crippen LogP contribution < -0.4 is 0 Å². The summed E-state index contributed by atoms with van der Waals surface area (Å²) in [6, 6.07) is 3.80. The average molecular weight is 279 g/mol. The summed E-state index contributed by atoms with van der Waals surface area (Å²) in [7, 11) is 0. The van der Waals surface area contributed by atoms with E-state index in [2.05, 4.69) is 17.2 Å². The van der Waals surface area contributed by atoms with Gasteiger partial charge in [-0.15, -0.1) is 16.4 Å². The fourth-order valence-corrected chi connectivity index (χ4v) is 2.73. The second-order valence-electron chi connectivity index (χ2n) is 4.35. The number of aryl methyl sites for hydroxylation is 1. The number of rotatable bonds is 7. The maximum Gasteiger partial charge on any atom is 0.358 e. The number of carboxylic acids is 1. The largest absolute Gasteiger partial charge is 0.476 e. The Morgan fingerprint density at radius 1 is 1.42 bits per heavy atom. The van der Waals surface area contributed by atoms with Crippen molar-refractivity contribution >= 4 is 17.3 Å². The molecule has 5 nitrogen and oxygen atoms in total. The molecule has 0 amide bonds. The summed E-state index contributed by atoms with van der Waals surface area (Å²) in [6.07, 6.45) is 4.49. The molecular weight excluding hydrogens is 262 g/mol. The Bertz CT molecular complexity index is 534. The molecule has 0 atom stereocenters. The summed E-state index contributed by atoms with van der Waals surface area (Å²) in [5, 5.41) is 18.9. The second kappa shape index (κ2) is 6.47. The first kappa shape index (κ1) is 13.7. The Labute approximate surface area is 115 Å². The standard InChI is InChI=1S/C13H17N3O2S/c1-2-3-4-5-8-16-12(10-7-6-9-19-10)11(13(17)18)14-15-16/h6-7,9H,2-5,8H2,1H3,(H,17,18). The van der Waals surface area contributed by atoms with Crippen LogP contribution in [-0.2, 0) is 6.54 Å². The van der Waals surface area contributed by atoms with Crippen molar-refractivity contribution in [2.24, 2.45) is 0 Å². The van der Waals surface area contributed by atoms with Crippen LogP contribution in [-0.4, -0.2) is 26.1 Å². The van der Waals surface area contributed by atoms with Crippen molar-refractivity contribution < 1.29 is 9.90 Å². The topological polar surface area (TPSA) is 68.0 Å². The third kappa shape index (κ3) is 3.20. The highest BCUT2D eigenvalue weighted by Crippen LogP contribution is 2.27. The van der Waals surface area contributed by atoms with Gasteiger partial charge in [-0.25, -0.2) is 9.48 Å². The quantitative estimate of drug-likeness (QED) is 0.790. The number of carboxylic acid groups (broad SMARTS) is 1. The van der Waals surface area contributed by atoms with Crippen LogP contribution in [0.4, 0.5) is 0 Å². The minimum absolute atomic E-state index is 0.0398. The van der Waals surface area contributed by atoms with Crippen molar-refractivity contribution in [1.29, 1.82) is 0 Å². The lowest BCUT2D eigenvalue weighted by molar-refractivity contribution is 0.0691. The first-order valence-corrected chi connectivity index (χ1v) is 7.32. The number of hydrogen-bond acceptors (Lipinski definition) is 4. The molecular formula is C13H17N3O2S. The summed E-state index contributed by atoms with van der Waals surface area (Å²) >= 11 is 1.51. The van der Waals surface area contributed by atoms with E-state index in [1.807, 2.05) is 17.5 Å². The van der Waals surface area contributed by atoms with Gasteiger partial charge in [0, 0.05) is 6.54 Å². The number of aromatic carboxylic acids is 1. The first-order valence-electron chi connectivity index (χ1n) is 6.44. The van der Waals surface area contributed by atoms with Crippen molar-refractivity contribution in [1.82, 2.24) is 15.0 Å². The van der Waals surface area contributed by atoms with E-state index in [4.69, 9.17) is 0 Å². The van der Waals surface area contributed by atoms with E-state index < -0.39 is 5.97 Å². The van der Waals surface area contributed by atoms with Gasteiger partial charge in [-0.3, -0.25) is 0 Å². The van der Waals surface area contributed by atoms with Crippen LogP contribution in [0.1, 0.15) is 43.1 Å². The van der Waals surface area contributed by atoms with Crippen molar-refractivity contribution in [3.05, 3.63) is 23.2 Å². The van der Waals surface area contributed by atoms with Crippen LogP contribution in [0.3, 0.4) is 0 Å². The molecule has 0 fully saturated rings. The van der Waals surface area contributed by atoms with Crippen LogP contribution >= 0.6 is 11.3 Å². The average Bonchev–Trinajstić information content (AvgIpc) is 3.02. The molecule has 0 aliphatic heterocycles. The molecule has 0 aliphatic carbocycles. The van der Waals surface area contributed by atoms with Gasteiger partial charge in [0.1, 0.15) is 5.69 Å². The number of carbonyl (C=O) groups is 1. The Morgan fingerprint density at radius 3 is 2.89 bits per heavy atom. The van der Waals surface area contributed by atoms with Crippen LogP contribution in [0.15, 0.2) is 17.5 Å². The van der Waals surface area contributed by atoms with Crippen LogP contribution in [0.25, 0.3) is 10.6 Å². The monoisotopic (exact) mass is 279 g/mol. The Balaban J connectivity index is 2.21. The fourth-order valence-electron chi connectivity index (χ4n) is 1.96. The molecule has 6 heteroatoms. The lowest BCUT2D eigenvalue weighted by atomic mass is 10.2. The zero-order chi connectivity index (χ0) is 13.7. The molecule has 0 unspecified atom stereocenters. The Morgan fingerprint density at radius 2 is 2.26 bits per heavy atom. The minimum atomic E-state index is -1.02. The molecule has 0 radical (unpaired) electrons. The molecule has 0 saturated heterocycles. The summed E-state index contributed by atoms with van der Waals surface area (Å²) in [4.78, 5) is 12.1. The molecule has 2 rings (SSSR count). The Kier molecular flexibility index (Phi) is 4.68. The smallest absolute Gasteiger partial charge is 0.358 e. The van der Waals surface area contributed by atoms with E-state index in [0.717, 1.165) is 17.7 Å². The van der Waals surface area contributed by atoms with Gasteiger partial charge in [-0.2, -0.15) is 0 Å². The molecule has 0 saturated carbocycles. The van der Waals surface area contributed by atoms with Gasteiger partial charge in [0.2, 0.25) is 0 Å². The molecule has 0 spiro atoms. The van der Waals surface area contributed by atoms with E-state index >= 15 is 0 Å². The molecule has 1 N–H and O–H groups in total. The highest BCUT2D eigenvalue weighted by molar-refractivity contribution is 7.13. The van der Waals surface area contributed by atoms with Gasteiger partial charge in [0.15, 0.2) is 5.69 Å². The molecule has 0 aromatic carbocycles. The normalized spacial score (nSPS) is 10.8. The first-order chi connectivity index (χ1) is 9.24. The molecule has 2 aromatic rings. The van der Waals surface area contributed by atoms with E-state index in [1.54, 1.807) is 4.68 Å². The number of thiophene rings is 1. The highest BCUT2D eigenvalue weighted by atomic mass is 32.1. The molecule has 102 valence electrons. The van der Waals surface area contributed by atoms with E-state index in [9.17, 15) is 9.90 Å². The van der Waals surface area contributed by atoms with Crippen molar-refractivity contribution in [2.75, 3.05) is 0 Å². The maximum atomic E-state index is 11.2. The maximum absolute atomic E-state index is 11.2. The van der Waals surface area contributed by atoms with Crippen molar-refractivity contribution in [2.45, 2.75) is 39.2 Å². The summed E-state index contributed by atoms with van der Waals surface area (Å²) in [6.45, 7) is 2.88. The lowest BCUT2D eigenvalue weighted by Crippen LogP contribution is -2.04. The number of aromatic nitrogens is 3. The van der Waals surface area contributed by atoms with E-state index in [-0.39, 0.29) is 5.69 Å². The van der Waals surface area contributed by atoms with Gasteiger partial charge in [0.25, 0.3) is 0 Å². The van der Waals surface area contributed by atoms with Crippen molar-refractivity contribution in [3.8, 4) is 10.6 Å². The third-order valence-electron chi connectivity index (χ3n) is 2.92. The van der Waals surface area contributed by atoms with Gasteiger partial charge in [-0.05, 0) is 17.9 Å². The summed E-state index contributed by atoms with van der Waals surface area (Å²) in [5.74, 6) is -1.02. The third-order valence-corrected chi connectivity index (χ3v) is 3.79. The molecule has 0 aliphatic rings. The van der Waals surface area contributed by atoms with Gasteiger partial charge in [0.05, 0.1) is 4.88 Å². The number of hydrogen-bond donors (Lipinski definition) is 1. The SMILES string of the molecule is CCCCCCn1nnc(C(=O)O)c1-c1cccs1. The van der Waals surface area contributed by atoms with Crippen LogP contribution in [0.5, 0.6) is 0 Å². The number of unbranched alkanes of at least 4 members (excludes halogenated alkanes) is 3. The zero-order valence-corrected chi connectivity index (χ0v) is 11.7. The summed E-state index contributed by atoms with van der Waals surface area (Å²) in [5.41, 5.74) is 0.664. The van der Waals surface area contributed by atoms with E-state index in [1.165, 1.54) is 24.2 Å². The molecule has 2 aromatic heterocycles. The molecule has 0 bridgehead atoms. The Hall–Kier alpha value is -1.69. The highest BCUT2D eigenvalue weighted by Gasteiger charge is 2.20. The number of nitrogens with zero attached hydrogens (tertiary/aromatic N) is 3. The molecule has 19 heavy (non-hydrogen) atoms. The molecule has 2 heterocycles. The van der Waals surface area contributed by atoms with Gasteiger partial charge >= 0.3 is 5.97 Å². The second-order valence-corrected chi connectivity index (χ2v) is 5.30. The van der Waals surface area contributed by atoms with Gasteiger partial charge < -0.3 is 5.11 Å². The van der Waals surface area contributed by atoms with Crippen LogP contribution in [0, 0.1) is 0 Å². The van der Waals surface area contributed by atoms with E-state index in [0.29, 0.717) is 12.2 Å². The zero-order valence-electron chi connectivity index (χ0n) is 10.9.